The van der Waals surface area contributed by atoms with Crippen LogP contribution in [0, 0.1) is 11.3 Å². The normalized spacial score (nSPS) is 21.9. The van der Waals surface area contributed by atoms with Crippen LogP contribution in [0.15, 0.2) is 24.3 Å². The van der Waals surface area contributed by atoms with E-state index in [0.29, 0.717) is 6.04 Å². The number of aliphatic hydroxyl groups excluding tert-OH is 1. The number of aliphatic hydroxyl groups is 1. The van der Waals surface area contributed by atoms with Crippen LogP contribution in [0.3, 0.4) is 0 Å². The molecule has 1 N–H and O–H groups in total. The highest BCUT2D eigenvalue weighted by Gasteiger charge is 2.26. The molecule has 4 heteroatoms. The summed E-state index contributed by atoms with van der Waals surface area (Å²) >= 11 is 0. The Kier molecular flexibility index (Phi) is 5.75. The highest BCUT2D eigenvalue weighted by Crippen LogP contribution is 2.16. The van der Waals surface area contributed by atoms with Crippen LogP contribution in [0.25, 0.3) is 0 Å². The Morgan fingerprint density at radius 3 is 2.90 bits per heavy atom. The number of piperazine rings is 1. The molecular formula is C17H25N3O. The Labute approximate surface area is 127 Å². The maximum Gasteiger partial charge on any atom is 0.0991 e. The van der Waals surface area contributed by atoms with Gasteiger partial charge in [-0.3, -0.25) is 9.80 Å². The zero-order chi connectivity index (χ0) is 15.2. The van der Waals surface area contributed by atoms with Gasteiger partial charge in [0.1, 0.15) is 0 Å². The molecule has 1 aliphatic rings. The number of nitriles is 1. The van der Waals surface area contributed by atoms with E-state index in [1.54, 1.807) is 0 Å². The Bertz CT molecular complexity index is 495. The van der Waals surface area contributed by atoms with Gasteiger partial charge < -0.3 is 5.11 Å². The second kappa shape index (κ2) is 7.56. The summed E-state index contributed by atoms with van der Waals surface area (Å²) in [4.78, 5) is 4.84. The van der Waals surface area contributed by atoms with Crippen LogP contribution in [0.1, 0.15) is 31.4 Å². The first-order chi connectivity index (χ1) is 10.1. The van der Waals surface area contributed by atoms with Crippen molar-refractivity contribution in [3.8, 4) is 6.07 Å². The maximum absolute atomic E-state index is 9.59. The minimum atomic E-state index is -0.266. The SMILES string of the molecule is CC[C@@H]1CN(Cc2cccc(C#N)c2)CCN1C[C@H](C)O. The molecule has 0 bridgehead atoms. The Hall–Kier alpha value is -1.41. The molecule has 0 amide bonds. The van der Waals surface area contributed by atoms with Crippen molar-refractivity contribution in [3.63, 3.8) is 0 Å². The van der Waals surface area contributed by atoms with Gasteiger partial charge in [0.15, 0.2) is 0 Å². The van der Waals surface area contributed by atoms with Crippen molar-refractivity contribution in [3.05, 3.63) is 35.4 Å². The molecule has 0 unspecified atom stereocenters. The van der Waals surface area contributed by atoms with Crippen molar-refractivity contribution in [2.45, 2.75) is 39.0 Å². The first-order valence-corrected chi connectivity index (χ1v) is 7.76. The van der Waals surface area contributed by atoms with E-state index in [9.17, 15) is 5.11 Å². The lowest BCUT2D eigenvalue weighted by molar-refractivity contribution is 0.0338. The molecule has 1 saturated heterocycles. The fourth-order valence-corrected chi connectivity index (χ4v) is 3.07. The standard InChI is InChI=1S/C17H25N3O/c1-3-17-13-19(7-8-20(17)11-14(2)21)12-16-6-4-5-15(9-16)10-18/h4-6,9,14,17,21H,3,7-8,11-13H2,1-2H3/t14-,17+/m0/s1. The van der Waals surface area contributed by atoms with E-state index in [0.717, 1.165) is 44.7 Å². The van der Waals surface area contributed by atoms with E-state index < -0.39 is 0 Å². The highest BCUT2D eigenvalue weighted by molar-refractivity contribution is 5.32. The molecule has 1 aromatic rings. The topological polar surface area (TPSA) is 50.5 Å². The minimum absolute atomic E-state index is 0.266. The van der Waals surface area contributed by atoms with E-state index >= 15 is 0 Å². The van der Waals surface area contributed by atoms with Gasteiger partial charge in [-0.1, -0.05) is 19.1 Å². The molecule has 114 valence electrons. The summed E-state index contributed by atoms with van der Waals surface area (Å²) in [6.45, 7) is 8.76. The zero-order valence-corrected chi connectivity index (χ0v) is 13.0. The Balaban J connectivity index is 1.95. The van der Waals surface area contributed by atoms with Crippen LogP contribution in [-0.2, 0) is 6.54 Å². The summed E-state index contributed by atoms with van der Waals surface area (Å²) < 4.78 is 0. The van der Waals surface area contributed by atoms with Gasteiger partial charge in [-0.05, 0) is 31.0 Å². The fraction of sp³-hybridized carbons (Fsp3) is 0.588. The predicted octanol–water partition coefficient (Wildman–Crippen LogP) is 1.84. The predicted molar refractivity (Wildman–Crippen MR) is 83.8 cm³/mol. The molecule has 0 saturated carbocycles. The van der Waals surface area contributed by atoms with Crippen LogP contribution >= 0.6 is 0 Å². The molecule has 0 aromatic heterocycles. The van der Waals surface area contributed by atoms with E-state index in [1.165, 1.54) is 5.56 Å². The van der Waals surface area contributed by atoms with E-state index in [4.69, 9.17) is 5.26 Å². The van der Waals surface area contributed by atoms with Crippen molar-refractivity contribution < 1.29 is 5.11 Å². The lowest BCUT2D eigenvalue weighted by Gasteiger charge is -2.41. The number of nitrogens with zero attached hydrogens (tertiary/aromatic N) is 3. The van der Waals surface area contributed by atoms with E-state index in [1.807, 2.05) is 25.1 Å². The third-order valence-corrected chi connectivity index (χ3v) is 4.12. The van der Waals surface area contributed by atoms with Gasteiger partial charge in [0.2, 0.25) is 0 Å². The van der Waals surface area contributed by atoms with Crippen molar-refractivity contribution >= 4 is 0 Å². The molecule has 2 rings (SSSR count). The number of hydrogen-bond donors (Lipinski definition) is 1. The smallest absolute Gasteiger partial charge is 0.0991 e. The maximum atomic E-state index is 9.59. The molecule has 1 heterocycles. The number of hydrogen-bond acceptors (Lipinski definition) is 4. The monoisotopic (exact) mass is 287 g/mol. The summed E-state index contributed by atoms with van der Waals surface area (Å²) in [5.41, 5.74) is 1.93. The van der Waals surface area contributed by atoms with Gasteiger partial charge in [0, 0.05) is 38.8 Å². The van der Waals surface area contributed by atoms with Gasteiger partial charge in [0.25, 0.3) is 0 Å². The molecule has 4 nitrogen and oxygen atoms in total. The first-order valence-electron chi connectivity index (χ1n) is 7.76. The third kappa shape index (κ3) is 4.53. The Morgan fingerprint density at radius 1 is 1.43 bits per heavy atom. The van der Waals surface area contributed by atoms with Crippen molar-refractivity contribution in [2.75, 3.05) is 26.2 Å². The van der Waals surface area contributed by atoms with Crippen LogP contribution in [-0.4, -0.2) is 53.2 Å². The van der Waals surface area contributed by atoms with Crippen molar-refractivity contribution in [1.82, 2.24) is 9.80 Å². The van der Waals surface area contributed by atoms with E-state index in [2.05, 4.69) is 28.9 Å². The molecule has 2 atom stereocenters. The molecular weight excluding hydrogens is 262 g/mol. The largest absolute Gasteiger partial charge is 0.392 e. The molecule has 0 spiro atoms. The average Bonchev–Trinajstić information content (AvgIpc) is 2.48. The van der Waals surface area contributed by atoms with Crippen molar-refractivity contribution in [2.24, 2.45) is 0 Å². The highest BCUT2D eigenvalue weighted by atomic mass is 16.3. The van der Waals surface area contributed by atoms with E-state index in [-0.39, 0.29) is 6.10 Å². The Morgan fingerprint density at radius 2 is 2.24 bits per heavy atom. The van der Waals surface area contributed by atoms with Gasteiger partial charge in [0.05, 0.1) is 17.7 Å². The van der Waals surface area contributed by atoms with Gasteiger partial charge in [-0.25, -0.2) is 0 Å². The molecule has 1 fully saturated rings. The number of benzene rings is 1. The van der Waals surface area contributed by atoms with Crippen LogP contribution in [0.5, 0.6) is 0 Å². The summed E-state index contributed by atoms with van der Waals surface area (Å²) in [5, 5.41) is 18.6. The minimum Gasteiger partial charge on any atom is -0.392 e. The number of rotatable bonds is 5. The first kappa shape index (κ1) is 16.0. The molecule has 1 aromatic carbocycles. The van der Waals surface area contributed by atoms with Crippen LogP contribution in [0.4, 0.5) is 0 Å². The van der Waals surface area contributed by atoms with Gasteiger partial charge in [-0.2, -0.15) is 5.26 Å². The second-order valence-corrected chi connectivity index (χ2v) is 5.95. The quantitative estimate of drug-likeness (QED) is 0.898. The second-order valence-electron chi connectivity index (χ2n) is 5.95. The third-order valence-electron chi connectivity index (χ3n) is 4.12. The lowest BCUT2D eigenvalue weighted by atomic mass is 10.1. The molecule has 0 radical (unpaired) electrons. The summed E-state index contributed by atoms with van der Waals surface area (Å²) in [5.74, 6) is 0. The average molecular weight is 287 g/mol. The summed E-state index contributed by atoms with van der Waals surface area (Å²) in [6.07, 6.45) is 0.833. The lowest BCUT2D eigenvalue weighted by Crippen LogP contribution is -2.54. The summed E-state index contributed by atoms with van der Waals surface area (Å²) in [7, 11) is 0. The summed E-state index contributed by atoms with van der Waals surface area (Å²) in [6, 6.07) is 10.6. The molecule has 0 aliphatic carbocycles. The van der Waals surface area contributed by atoms with Gasteiger partial charge >= 0.3 is 0 Å². The molecule has 21 heavy (non-hydrogen) atoms. The van der Waals surface area contributed by atoms with Crippen LogP contribution < -0.4 is 0 Å². The molecule has 1 aliphatic heterocycles. The van der Waals surface area contributed by atoms with Gasteiger partial charge in [-0.15, -0.1) is 0 Å². The number of β-amino-alcohol motifs (C(OH)–C–C–N with tert-alkyl or cyclic N) is 1. The fourth-order valence-electron chi connectivity index (χ4n) is 3.07. The van der Waals surface area contributed by atoms with Crippen molar-refractivity contribution in [1.29, 1.82) is 5.26 Å². The zero-order valence-electron chi connectivity index (χ0n) is 13.0. The van der Waals surface area contributed by atoms with Crippen LogP contribution in [0.2, 0.25) is 0 Å².